The number of Topliss-reactive ketones (excluding diaryl/α,β-unsaturated/α-hetero) is 1. The first-order valence-corrected chi connectivity index (χ1v) is 7.74. The van der Waals surface area contributed by atoms with Crippen LogP contribution in [0.1, 0.15) is 39.2 Å². The zero-order valence-corrected chi connectivity index (χ0v) is 14.0. The second kappa shape index (κ2) is 6.58. The van der Waals surface area contributed by atoms with Crippen molar-refractivity contribution in [3.05, 3.63) is 17.7 Å². The number of carbonyl (C=O) groups excluding carboxylic acids is 2. The van der Waals surface area contributed by atoms with E-state index in [0.717, 1.165) is 0 Å². The van der Waals surface area contributed by atoms with Gasteiger partial charge >= 0.3 is 0 Å². The fourth-order valence-corrected chi connectivity index (χ4v) is 2.86. The summed E-state index contributed by atoms with van der Waals surface area (Å²) in [6.45, 7) is 4.97. The molecule has 1 aliphatic rings. The zero-order valence-electron chi connectivity index (χ0n) is 14.0. The third kappa shape index (κ3) is 2.91. The molecular weight excluding hydrogens is 298 g/mol. The standard InChI is InChI=1S/C17H23NO5/c1-5-17(6-2)16(21)18(9-11(3)20)13-7-12(10-19)8-14(22-4)15(13)23-17/h7-8,19H,5-6,9-10H2,1-4H3. The molecule has 23 heavy (non-hydrogen) atoms. The quantitative estimate of drug-likeness (QED) is 0.868. The largest absolute Gasteiger partial charge is 0.493 e. The van der Waals surface area contributed by atoms with E-state index in [1.165, 1.54) is 18.9 Å². The monoisotopic (exact) mass is 321 g/mol. The number of ether oxygens (including phenoxy) is 2. The van der Waals surface area contributed by atoms with E-state index in [9.17, 15) is 14.7 Å². The van der Waals surface area contributed by atoms with Gasteiger partial charge < -0.3 is 14.6 Å². The number of methoxy groups -OCH3 is 1. The molecule has 0 radical (unpaired) electrons. The average Bonchev–Trinajstić information content (AvgIpc) is 2.56. The molecule has 1 N–H and O–H groups in total. The van der Waals surface area contributed by atoms with E-state index in [0.29, 0.717) is 35.6 Å². The van der Waals surface area contributed by atoms with E-state index in [-0.39, 0.29) is 24.8 Å². The molecule has 6 nitrogen and oxygen atoms in total. The minimum Gasteiger partial charge on any atom is -0.493 e. The topological polar surface area (TPSA) is 76.1 Å². The third-order valence-electron chi connectivity index (χ3n) is 4.24. The molecule has 6 heteroatoms. The summed E-state index contributed by atoms with van der Waals surface area (Å²) >= 11 is 0. The molecule has 0 bridgehead atoms. The van der Waals surface area contributed by atoms with Gasteiger partial charge in [0, 0.05) is 0 Å². The zero-order chi connectivity index (χ0) is 17.2. The highest BCUT2D eigenvalue weighted by Gasteiger charge is 2.47. The van der Waals surface area contributed by atoms with Gasteiger partial charge in [-0.1, -0.05) is 13.8 Å². The van der Waals surface area contributed by atoms with Crippen LogP contribution in [0.2, 0.25) is 0 Å². The Labute approximate surface area is 136 Å². The lowest BCUT2D eigenvalue weighted by Gasteiger charge is -2.42. The summed E-state index contributed by atoms with van der Waals surface area (Å²) in [4.78, 5) is 26.0. The van der Waals surface area contributed by atoms with Crippen molar-refractivity contribution in [3.63, 3.8) is 0 Å². The van der Waals surface area contributed by atoms with Crippen molar-refractivity contribution < 1.29 is 24.2 Å². The fourth-order valence-electron chi connectivity index (χ4n) is 2.86. The van der Waals surface area contributed by atoms with Crippen LogP contribution in [0, 0.1) is 0 Å². The lowest BCUT2D eigenvalue weighted by Crippen LogP contribution is -2.56. The number of aliphatic hydroxyl groups excluding tert-OH is 1. The first kappa shape index (κ1) is 17.3. The highest BCUT2D eigenvalue weighted by Crippen LogP contribution is 2.46. The maximum absolute atomic E-state index is 13.0. The molecular formula is C17H23NO5. The Morgan fingerprint density at radius 2 is 2.00 bits per heavy atom. The Bertz CT molecular complexity index is 622. The number of rotatable bonds is 6. The molecule has 0 aliphatic carbocycles. The molecule has 0 spiro atoms. The molecule has 1 aromatic carbocycles. The number of ketones is 1. The molecule has 1 amide bonds. The van der Waals surface area contributed by atoms with Crippen molar-refractivity contribution in [2.75, 3.05) is 18.6 Å². The van der Waals surface area contributed by atoms with Crippen molar-refractivity contribution >= 4 is 17.4 Å². The van der Waals surface area contributed by atoms with Gasteiger partial charge in [0.2, 0.25) is 0 Å². The summed E-state index contributed by atoms with van der Waals surface area (Å²) in [7, 11) is 1.51. The average molecular weight is 321 g/mol. The van der Waals surface area contributed by atoms with Crippen LogP contribution in [0.25, 0.3) is 0 Å². The first-order valence-electron chi connectivity index (χ1n) is 7.74. The Kier molecular flexibility index (Phi) is 4.94. The normalized spacial score (nSPS) is 15.9. The van der Waals surface area contributed by atoms with Gasteiger partial charge in [0.15, 0.2) is 17.1 Å². The molecule has 1 aromatic rings. The molecule has 2 rings (SSSR count). The highest BCUT2D eigenvalue weighted by atomic mass is 16.5. The number of amides is 1. The molecule has 0 unspecified atom stereocenters. The van der Waals surface area contributed by atoms with Gasteiger partial charge in [-0.3, -0.25) is 14.5 Å². The number of carbonyl (C=O) groups is 2. The van der Waals surface area contributed by atoms with Crippen LogP contribution < -0.4 is 14.4 Å². The van der Waals surface area contributed by atoms with E-state index < -0.39 is 5.60 Å². The number of aliphatic hydroxyl groups is 1. The highest BCUT2D eigenvalue weighted by molar-refractivity contribution is 6.06. The number of benzene rings is 1. The number of hydrogen-bond donors (Lipinski definition) is 1. The predicted molar refractivity (Wildman–Crippen MR) is 85.9 cm³/mol. The molecule has 1 heterocycles. The van der Waals surface area contributed by atoms with Crippen LogP contribution in [0.5, 0.6) is 11.5 Å². The minimum atomic E-state index is -1.00. The molecule has 126 valence electrons. The summed E-state index contributed by atoms with van der Waals surface area (Å²) < 4.78 is 11.4. The summed E-state index contributed by atoms with van der Waals surface area (Å²) in [5.74, 6) is 0.524. The summed E-state index contributed by atoms with van der Waals surface area (Å²) in [5.41, 5.74) is 0.0494. The van der Waals surface area contributed by atoms with Gasteiger partial charge in [0.25, 0.3) is 5.91 Å². The van der Waals surface area contributed by atoms with Crippen LogP contribution in [0.4, 0.5) is 5.69 Å². The number of nitrogens with zero attached hydrogens (tertiary/aromatic N) is 1. The molecule has 0 atom stereocenters. The molecule has 0 aromatic heterocycles. The van der Waals surface area contributed by atoms with E-state index in [2.05, 4.69) is 0 Å². The van der Waals surface area contributed by atoms with E-state index >= 15 is 0 Å². The second-order valence-corrected chi connectivity index (χ2v) is 5.70. The van der Waals surface area contributed by atoms with E-state index in [1.807, 2.05) is 13.8 Å². The van der Waals surface area contributed by atoms with Crippen LogP contribution in [-0.4, -0.2) is 36.1 Å². The number of hydrogen-bond acceptors (Lipinski definition) is 5. The molecule has 0 fully saturated rings. The van der Waals surface area contributed by atoms with Crippen molar-refractivity contribution in [2.45, 2.75) is 45.8 Å². The van der Waals surface area contributed by atoms with Gasteiger partial charge in [-0.25, -0.2) is 0 Å². The maximum atomic E-state index is 13.0. The van der Waals surface area contributed by atoms with Crippen LogP contribution in [0.3, 0.4) is 0 Å². The summed E-state index contributed by atoms with van der Waals surface area (Å²) in [5, 5.41) is 9.42. The molecule has 0 saturated carbocycles. The van der Waals surface area contributed by atoms with Crippen LogP contribution >= 0.6 is 0 Å². The van der Waals surface area contributed by atoms with Gasteiger partial charge in [0.1, 0.15) is 5.78 Å². The second-order valence-electron chi connectivity index (χ2n) is 5.70. The third-order valence-corrected chi connectivity index (χ3v) is 4.24. The molecule has 0 saturated heterocycles. The Hall–Kier alpha value is -2.08. The van der Waals surface area contributed by atoms with Gasteiger partial charge in [-0.05, 0) is 37.5 Å². The minimum absolute atomic E-state index is 0.0328. The summed E-state index contributed by atoms with van der Waals surface area (Å²) in [6.07, 6.45) is 0.974. The van der Waals surface area contributed by atoms with Gasteiger partial charge in [-0.2, -0.15) is 0 Å². The van der Waals surface area contributed by atoms with Gasteiger partial charge in [-0.15, -0.1) is 0 Å². The lowest BCUT2D eigenvalue weighted by molar-refractivity contribution is -0.137. The number of fused-ring (bicyclic) bond motifs is 1. The predicted octanol–water partition coefficient (Wildman–Crippen LogP) is 2.06. The van der Waals surface area contributed by atoms with Crippen molar-refractivity contribution in [2.24, 2.45) is 0 Å². The van der Waals surface area contributed by atoms with Crippen molar-refractivity contribution in [1.29, 1.82) is 0 Å². The van der Waals surface area contributed by atoms with Gasteiger partial charge in [0.05, 0.1) is 25.9 Å². The Morgan fingerprint density at radius 3 is 2.48 bits per heavy atom. The lowest BCUT2D eigenvalue weighted by atomic mass is 9.92. The van der Waals surface area contributed by atoms with E-state index in [1.54, 1.807) is 12.1 Å². The van der Waals surface area contributed by atoms with Crippen LogP contribution in [0.15, 0.2) is 12.1 Å². The van der Waals surface area contributed by atoms with Crippen LogP contribution in [-0.2, 0) is 16.2 Å². The SMILES string of the molecule is CCC1(CC)Oc2c(OC)cc(CO)cc2N(CC(C)=O)C1=O. The fraction of sp³-hybridized carbons (Fsp3) is 0.529. The van der Waals surface area contributed by atoms with Crippen molar-refractivity contribution in [3.8, 4) is 11.5 Å². The van der Waals surface area contributed by atoms with E-state index in [4.69, 9.17) is 9.47 Å². The molecule has 1 aliphatic heterocycles. The smallest absolute Gasteiger partial charge is 0.271 e. The Balaban J connectivity index is 2.68. The summed E-state index contributed by atoms with van der Waals surface area (Å²) in [6, 6.07) is 3.34. The van der Waals surface area contributed by atoms with Crippen molar-refractivity contribution in [1.82, 2.24) is 0 Å². The maximum Gasteiger partial charge on any atom is 0.271 e. The first-order chi connectivity index (χ1) is 10.9. The Morgan fingerprint density at radius 1 is 1.35 bits per heavy atom. The number of anilines is 1.